The van der Waals surface area contributed by atoms with Crippen LogP contribution in [0.3, 0.4) is 0 Å². The first-order valence-electron chi connectivity index (χ1n) is 8.12. The first-order valence-corrected chi connectivity index (χ1v) is 9.67. The predicted octanol–water partition coefficient (Wildman–Crippen LogP) is 3.53. The van der Waals surface area contributed by atoms with E-state index in [0.717, 1.165) is 23.1 Å². The van der Waals surface area contributed by atoms with E-state index in [0.29, 0.717) is 0 Å². The number of aryl methyl sites for hydroxylation is 2. The van der Waals surface area contributed by atoms with Gasteiger partial charge in [0.25, 0.3) is 0 Å². The number of nitrogens with zero attached hydrogens (tertiary/aromatic N) is 2. The molecule has 126 valence electrons. The molecule has 1 aliphatic carbocycles. The summed E-state index contributed by atoms with van der Waals surface area (Å²) in [6.07, 6.45) is 0.873. The molecule has 0 heterocycles. The van der Waals surface area contributed by atoms with Crippen LogP contribution in [0.1, 0.15) is 29.5 Å². The molecule has 2 atom stereocenters. The molecule has 25 heavy (non-hydrogen) atoms. The molecular weight excluding hydrogens is 332 g/mol. The molecule has 0 amide bonds. The molecule has 5 heteroatoms. The topological polar surface area (TPSA) is 81.7 Å². The Bertz CT molecular complexity index is 964. The fourth-order valence-electron chi connectivity index (χ4n) is 3.34. The van der Waals surface area contributed by atoms with Crippen molar-refractivity contribution in [2.45, 2.75) is 36.3 Å². The fourth-order valence-corrected chi connectivity index (χ4v) is 5.55. The Kier molecular flexibility index (Phi) is 4.14. The van der Waals surface area contributed by atoms with E-state index < -0.39 is 26.4 Å². The summed E-state index contributed by atoms with van der Waals surface area (Å²) in [4.78, 5) is 0.158. The van der Waals surface area contributed by atoms with E-state index in [1.165, 1.54) is 0 Å². The first kappa shape index (κ1) is 17.2. The van der Waals surface area contributed by atoms with E-state index in [2.05, 4.69) is 0 Å². The summed E-state index contributed by atoms with van der Waals surface area (Å²) < 4.78 is 26.1. The molecule has 4 nitrogen and oxygen atoms in total. The number of hydrogen-bond donors (Lipinski definition) is 0. The Morgan fingerprint density at radius 3 is 2.04 bits per heavy atom. The zero-order valence-electron chi connectivity index (χ0n) is 14.1. The van der Waals surface area contributed by atoms with Gasteiger partial charge in [-0.15, -0.1) is 0 Å². The highest BCUT2D eigenvalue weighted by atomic mass is 32.2. The fraction of sp³-hybridized carbons (Fsp3) is 0.300. The van der Waals surface area contributed by atoms with Gasteiger partial charge in [0.05, 0.1) is 17.0 Å². The minimum Gasteiger partial charge on any atom is -0.223 e. The van der Waals surface area contributed by atoms with Crippen molar-refractivity contribution >= 4 is 9.84 Å². The predicted molar refractivity (Wildman–Crippen MR) is 94.4 cm³/mol. The van der Waals surface area contributed by atoms with E-state index in [-0.39, 0.29) is 4.90 Å². The summed E-state index contributed by atoms with van der Waals surface area (Å²) in [5, 5.41) is 18.1. The van der Waals surface area contributed by atoms with Gasteiger partial charge in [-0.1, -0.05) is 48.9 Å². The average molecular weight is 350 g/mol. The van der Waals surface area contributed by atoms with Crippen molar-refractivity contribution < 1.29 is 8.42 Å². The van der Waals surface area contributed by atoms with Crippen molar-refractivity contribution in [3.8, 4) is 12.1 Å². The average Bonchev–Trinajstić information content (AvgIpc) is 3.33. The second kappa shape index (κ2) is 6.02. The monoisotopic (exact) mass is 350 g/mol. The summed E-state index contributed by atoms with van der Waals surface area (Å²) in [6.45, 7) is 3.91. The SMILES string of the molecule is CCc1ccc([C@@H]2[C@@H](S(=O)(=O)c3ccc(C)cc3)C2(C#N)C#N)cc1. The zero-order valence-corrected chi connectivity index (χ0v) is 14.9. The summed E-state index contributed by atoms with van der Waals surface area (Å²) in [5.41, 5.74) is 1.27. The third kappa shape index (κ3) is 2.62. The molecule has 0 bridgehead atoms. The van der Waals surface area contributed by atoms with Gasteiger partial charge in [-0.3, -0.25) is 0 Å². The van der Waals surface area contributed by atoms with Crippen LogP contribution in [-0.2, 0) is 16.3 Å². The summed E-state index contributed by atoms with van der Waals surface area (Å²) in [6, 6.07) is 18.0. The third-order valence-corrected chi connectivity index (χ3v) is 7.18. The largest absolute Gasteiger partial charge is 0.223 e. The van der Waals surface area contributed by atoms with Crippen molar-refractivity contribution in [2.24, 2.45) is 5.41 Å². The van der Waals surface area contributed by atoms with Crippen LogP contribution in [0, 0.1) is 35.0 Å². The summed E-state index contributed by atoms with van der Waals surface area (Å²) in [5.74, 6) is -0.625. The maximum atomic E-state index is 13.0. The van der Waals surface area contributed by atoms with Crippen LogP contribution < -0.4 is 0 Å². The smallest absolute Gasteiger partial charge is 0.184 e. The van der Waals surface area contributed by atoms with Gasteiger partial charge in [0, 0.05) is 5.92 Å². The number of sulfone groups is 1. The van der Waals surface area contributed by atoms with E-state index in [1.54, 1.807) is 24.3 Å². The lowest BCUT2D eigenvalue weighted by Gasteiger charge is -2.05. The van der Waals surface area contributed by atoms with E-state index in [4.69, 9.17) is 0 Å². The molecule has 1 saturated carbocycles. The van der Waals surface area contributed by atoms with Gasteiger partial charge in [-0.2, -0.15) is 10.5 Å². The van der Waals surface area contributed by atoms with Gasteiger partial charge in [0.15, 0.2) is 15.3 Å². The quantitative estimate of drug-likeness (QED) is 0.844. The van der Waals surface area contributed by atoms with Crippen molar-refractivity contribution in [1.82, 2.24) is 0 Å². The molecule has 0 unspecified atom stereocenters. The van der Waals surface area contributed by atoms with E-state index in [1.807, 2.05) is 50.3 Å². The Labute approximate surface area is 148 Å². The van der Waals surface area contributed by atoms with Crippen molar-refractivity contribution in [2.75, 3.05) is 0 Å². The molecule has 3 rings (SSSR count). The lowest BCUT2D eigenvalue weighted by molar-refractivity contribution is 0.591. The number of hydrogen-bond acceptors (Lipinski definition) is 4. The van der Waals surface area contributed by atoms with Crippen LogP contribution >= 0.6 is 0 Å². The van der Waals surface area contributed by atoms with Crippen LogP contribution in [0.15, 0.2) is 53.4 Å². The van der Waals surface area contributed by atoms with Crippen LogP contribution in [-0.4, -0.2) is 13.7 Å². The van der Waals surface area contributed by atoms with Gasteiger partial charge >= 0.3 is 0 Å². The van der Waals surface area contributed by atoms with Crippen LogP contribution in [0.5, 0.6) is 0 Å². The van der Waals surface area contributed by atoms with Gasteiger partial charge < -0.3 is 0 Å². The lowest BCUT2D eigenvalue weighted by Crippen LogP contribution is -2.14. The van der Waals surface area contributed by atoms with Gasteiger partial charge in [-0.25, -0.2) is 8.42 Å². The molecular formula is C20H18N2O2S. The summed E-state index contributed by atoms with van der Waals surface area (Å²) >= 11 is 0. The highest BCUT2D eigenvalue weighted by Crippen LogP contribution is 2.63. The standard InChI is InChI=1S/C20H18N2O2S/c1-3-15-6-8-16(9-7-15)18-19(20(18,12-21)13-22)25(23,24)17-10-4-14(2)5-11-17/h4-11,18-19H,3H2,1-2H3/t18-,19-/m1/s1. The minimum absolute atomic E-state index is 0.158. The maximum absolute atomic E-state index is 13.0. The minimum atomic E-state index is -3.77. The van der Waals surface area contributed by atoms with Crippen LogP contribution in [0.2, 0.25) is 0 Å². The molecule has 0 N–H and O–H groups in total. The Hall–Kier alpha value is -2.63. The second-order valence-electron chi connectivity index (χ2n) is 6.44. The number of rotatable bonds is 4. The van der Waals surface area contributed by atoms with Gasteiger partial charge in [0.2, 0.25) is 0 Å². The van der Waals surface area contributed by atoms with Crippen LogP contribution in [0.4, 0.5) is 0 Å². The van der Waals surface area contributed by atoms with Crippen molar-refractivity contribution in [3.05, 3.63) is 65.2 Å². The number of nitriles is 2. The van der Waals surface area contributed by atoms with Crippen molar-refractivity contribution in [3.63, 3.8) is 0 Å². The molecule has 0 aliphatic heterocycles. The number of benzene rings is 2. The molecule has 2 aromatic rings. The highest BCUT2D eigenvalue weighted by Gasteiger charge is 2.73. The molecule has 0 saturated heterocycles. The zero-order chi connectivity index (χ0) is 18.2. The third-order valence-electron chi connectivity index (χ3n) is 4.93. The summed E-state index contributed by atoms with van der Waals surface area (Å²) in [7, 11) is -3.77. The van der Waals surface area contributed by atoms with Crippen molar-refractivity contribution in [1.29, 1.82) is 10.5 Å². The highest BCUT2D eigenvalue weighted by molar-refractivity contribution is 7.92. The van der Waals surface area contributed by atoms with E-state index >= 15 is 0 Å². The molecule has 0 aromatic heterocycles. The van der Waals surface area contributed by atoms with Crippen LogP contribution in [0.25, 0.3) is 0 Å². The molecule has 1 aliphatic rings. The first-order chi connectivity index (χ1) is 11.9. The van der Waals surface area contributed by atoms with E-state index in [9.17, 15) is 18.9 Å². The lowest BCUT2D eigenvalue weighted by atomic mass is 10.0. The Morgan fingerprint density at radius 2 is 1.56 bits per heavy atom. The molecule has 0 spiro atoms. The normalized spacial score (nSPS) is 21.1. The second-order valence-corrected chi connectivity index (χ2v) is 8.51. The van der Waals surface area contributed by atoms with Gasteiger partial charge in [-0.05, 0) is 36.6 Å². The molecule has 1 fully saturated rings. The Morgan fingerprint density at radius 1 is 1.00 bits per heavy atom. The van der Waals surface area contributed by atoms with Gasteiger partial charge in [0.1, 0.15) is 5.25 Å². The Balaban J connectivity index is 2.06. The maximum Gasteiger partial charge on any atom is 0.184 e. The molecule has 0 radical (unpaired) electrons. The molecule has 2 aromatic carbocycles.